The topological polar surface area (TPSA) is 94.0 Å². The number of hydrogen-bond donors (Lipinski definition) is 2. The highest BCUT2D eigenvalue weighted by Crippen LogP contribution is 2.16. The third kappa shape index (κ3) is 6.07. The molecule has 9 heteroatoms. The zero-order chi connectivity index (χ0) is 18.9. The second-order valence-electron chi connectivity index (χ2n) is 5.84. The highest BCUT2D eigenvalue weighted by Gasteiger charge is 2.11. The van der Waals surface area contributed by atoms with E-state index in [0.717, 1.165) is 19.3 Å². The summed E-state index contributed by atoms with van der Waals surface area (Å²) in [7, 11) is 0. The van der Waals surface area contributed by atoms with Crippen LogP contribution in [0.4, 0.5) is 5.95 Å². The van der Waals surface area contributed by atoms with Crippen molar-refractivity contribution in [2.24, 2.45) is 0 Å². The fourth-order valence-corrected chi connectivity index (χ4v) is 2.21. The van der Waals surface area contributed by atoms with E-state index < -0.39 is 0 Å². The first-order chi connectivity index (χ1) is 12.5. The maximum Gasteiger partial charge on any atom is 0.269 e. The van der Waals surface area contributed by atoms with E-state index in [1.165, 1.54) is 4.80 Å². The molecule has 8 nitrogen and oxygen atoms in total. The van der Waals surface area contributed by atoms with E-state index >= 15 is 0 Å². The summed E-state index contributed by atoms with van der Waals surface area (Å²) in [6.07, 6.45) is 2.97. The highest BCUT2D eigenvalue weighted by atomic mass is 32.1. The lowest BCUT2D eigenvalue weighted by Crippen LogP contribution is -2.34. The molecule has 0 saturated heterocycles. The van der Waals surface area contributed by atoms with Crippen LogP contribution in [-0.4, -0.2) is 37.3 Å². The lowest BCUT2D eigenvalue weighted by Gasteiger charge is -2.13. The van der Waals surface area contributed by atoms with E-state index in [4.69, 9.17) is 17.0 Å². The number of carbonyl (C=O) groups excluding carboxylic acids is 1. The van der Waals surface area contributed by atoms with Gasteiger partial charge >= 0.3 is 0 Å². The number of nitrogens with one attached hydrogen (secondary N) is 2. The predicted molar refractivity (Wildman–Crippen MR) is 103 cm³/mol. The molecule has 0 fully saturated rings. The minimum absolute atomic E-state index is 0.0810. The Morgan fingerprint density at radius 1 is 1.38 bits per heavy atom. The number of anilines is 1. The van der Waals surface area contributed by atoms with E-state index in [1.54, 1.807) is 18.2 Å². The first kappa shape index (κ1) is 19.8. The normalized spacial score (nSPS) is 11.7. The molecule has 1 heterocycles. The first-order valence-electron chi connectivity index (χ1n) is 8.68. The number of thiocarbonyl (C=S) groups is 1. The number of amides is 1. The van der Waals surface area contributed by atoms with E-state index in [9.17, 15) is 4.79 Å². The molecule has 0 radical (unpaired) electrons. The molecule has 1 unspecified atom stereocenters. The molecule has 0 aliphatic rings. The van der Waals surface area contributed by atoms with Crippen molar-refractivity contribution in [2.45, 2.75) is 52.7 Å². The number of unbranched alkanes of at least 4 members (excludes halogenated alkanes) is 1. The fourth-order valence-electron chi connectivity index (χ4n) is 2.02. The second-order valence-corrected chi connectivity index (χ2v) is 6.24. The van der Waals surface area contributed by atoms with Gasteiger partial charge in [0, 0.05) is 5.56 Å². The van der Waals surface area contributed by atoms with Crippen molar-refractivity contribution in [3.63, 3.8) is 0 Å². The summed E-state index contributed by atoms with van der Waals surface area (Å²) in [5.74, 6) is 0.558. The van der Waals surface area contributed by atoms with Crippen LogP contribution in [0.1, 0.15) is 50.4 Å². The molecule has 2 aromatic rings. The largest absolute Gasteiger partial charge is 0.491 e. The molecule has 0 aliphatic heterocycles. The monoisotopic (exact) mass is 376 g/mol. The van der Waals surface area contributed by atoms with Crippen molar-refractivity contribution < 1.29 is 9.53 Å². The Labute approximate surface area is 158 Å². The van der Waals surface area contributed by atoms with Crippen LogP contribution >= 0.6 is 12.2 Å². The van der Waals surface area contributed by atoms with Gasteiger partial charge in [0.1, 0.15) is 5.75 Å². The van der Waals surface area contributed by atoms with Crippen molar-refractivity contribution in [1.82, 2.24) is 25.5 Å². The zero-order valence-corrected chi connectivity index (χ0v) is 16.0. The van der Waals surface area contributed by atoms with Crippen LogP contribution < -0.4 is 15.4 Å². The molecule has 0 bridgehead atoms. The predicted octanol–water partition coefficient (Wildman–Crippen LogP) is 2.78. The van der Waals surface area contributed by atoms with Gasteiger partial charge in [-0.25, -0.2) is 0 Å². The van der Waals surface area contributed by atoms with Gasteiger partial charge in [0.15, 0.2) is 5.11 Å². The Kier molecular flexibility index (Phi) is 7.46. The van der Waals surface area contributed by atoms with Crippen molar-refractivity contribution in [2.75, 3.05) is 5.32 Å². The molecular weight excluding hydrogens is 352 g/mol. The van der Waals surface area contributed by atoms with Gasteiger partial charge in [0.2, 0.25) is 0 Å². The standard InChI is InChI=1S/C17H24N6O2S/c1-4-6-10-23-21-16(20-22-23)19-17(26)18-15(24)13-8-7-9-14(11-13)25-12(3)5-2/h7-9,11-12H,4-6,10H2,1-3H3,(H2,18,19,21,24,26). The van der Waals surface area contributed by atoms with Crippen LogP contribution in [0.5, 0.6) is 5.75 Å². The highest BCUT2D eigenvalue weighted by molar-refractivity contribution is 7.80. The number of tetrazole rings is 1. The summed E-state index contributed by atoms with van der Waals surface area (Å²) in [6.45, 7) is 6.79. The summed E-state index contributed by atoms with van der Waals surface area (Å²) in [5.41, 5.74) is 0.453. The third-order valence-corrected chi connectivity index (χ3v) is 3.83. The molecule has 2 rings (SSSR count). The lowest BCUT2D eigenvalue weighted by atomic mass is 10.2. The Morgan fingerprint density at radius 2 is 2.19 bits per heavy atom. The SMILES string of the molecule is CCCCn1nnc(NC(=S)NC(=O)c2cccc(OC(C)CC)c2)n1. The van der Waals surface area contributed by atoms with E-state index in [0.29, 0.717) is 17.9 Å². The first-order valence-corrected chi connectivity index (χ1v) is 9.09. The van der Waals surface area contributed by atoms with Crippen LogP contribution in [0.15, 0.2) is 24.3 Å². The minimum Gasteiger partial charge on any atom is -0.491 e. The smallest absolute Gasteiger partial charge is 0.269 e. The molecule has 2 N–H and O–H groups in total. The van der Waals surface area contributed by atoms with Crippen molar-refractivity contribution in [3.8, 4) is 5.75 Å². The Hall–Kier alpha value is -2.55. The fraction of sp³-hybridized carbons (Fsp3) is 0.471. The molecule has 1 amide bonds. The third-order valence-electron chi connectivity index (χ3n) is 3.63. The van der Waals surface area contributed by atoms with E-state index in [2.05, 4.69) is 33.0 Å². The van der Waals surface area contributed by atoms with Crippen molar-refractivity contribution in [3.05, 3.63) is 29.8 Å². The van der Waals surface area contributed by atoms with Gasteiger partial charge in [-0.05, 0) is 55.4 Å². The summed E-state index contributed by atoms with van der Waals surface area (Å²) < 4.78 is 5.73. The Balaban J connectivity index is 1.91. The molecule has 140 valence electrons. The Morgan fingerprint density at radius 3 is 2.92 bits per heavy atom. The molecule has 1 aromatic heterocycles. The summed E-state index contributed by atoms with van der Waals surface area (Å²) in [4.78, 5) is 13.8. The zero-order valence-electron chi connectivity index (χ0n) is 15.2. The van der Waals surface area contributed by atoms with Gasteiger partial charge in [0.25, 0.3) is 11.9 Å². The van der Waals surface area contributed by atoms with Gasteiger partial charge in [-0.3, -0.25) is 15.4 Å². The minimum atomic E-state index is -0.338. The van der Waals surface area contributed by atoms with E-state index in [-0.39, 0.29) is 23.1 Å². The van der Waals surface area contributed by atoms with Gasteiger partial charge in [-0.1, -0.05) is 31.4 Å². The number of ether oxygens (including phenoxy) is 1. The van der Waals surface area contributed by atoms with Crippen LogP contribution in [0.2, 0.25) is 0 Å². The quantitative estimate of drug-likeness (QED) is 0.684. The summed E-state index contributed by atoms with van der Waals surface area (Å²) in [6, 6.07) is 6.96. The van der Waals surface area contributed by atoms with Crippen LogP contribution in [0, 0.1) is 0 Å². The molecule has 1 atom stereocenters. The Bertz CT molecular complexity index is 748. The maximum atomic E-state index is 12.3. The summed E-state index contributed by atoms with van der Waals surface area (Å²) >= 11 is 5.14. The molecule has 0 aliphatic carbocycles. The van der Waals surface area contributed by atoms with E-state index in [1.807, 2.05) is 19.9 Å². The number of aromatic nitrogens is 4. The molecule has 0 saturated carbocycles. The number of nitrogens with zero attached hydrogens (tertiary/aromatic N) is 4. The second kappa shape index (κ2) is 9.81. The van der Waals surface area contributed by atoms with Crippen molar-refractivity contribution in [1.29, 1.82) is 0 Å². The number of carbonyl (C=O) groups is 1. The number of benzene rings is 1. The lowest BCUT2D eigenvalue weighted by molar-refractivity contribution is 0.0977. The number of hydrogen-bond acceptors (Lipinski definition) is 6. The van der Waals surface area contributed by atoms with Gasteiger partial charge in [-0.15, -0.1) is 5.10 Å². The van der Waals surface area contributed by atoms with Crippen molar-refractivity contribution >= 4 is 29.2 Å². The van der Waals surface area contributed by atoms with Crippen LogP contribution in [0.25, 0.3) is 0 Å². The van der Waals surface area contributed by atoms with Gasteiger partial charge in [0.05, 0.1) is 12.6 Å². The van der Waals surface area contributed by atoms with Crippen LogP contribution in [0.3, 0.4) is 0 Å². The maximum absolute atomic E-state index is 12.3. The molecular formula is C17H24N6O2S. The van der Waals surface area contributed by atoms with Gasteiger partial charge in [-0.2, -0.15) is 4.80 Å². The van der Waals surface area contributed by atoms with Gasteiger partial charge < -0.3 is 4.74 Å². The molecule has 1 aromatic carbocycles. The number of aryl methyl sites for hydroxylation is 1. The average molecular weight is 376 g/mol. The molecule has 0 spiro atoms. The molecule has 26 heavy (non-hydrogen) atoms. The average Bonchev–Trinajstić information content (AvgIpc) is 3.07. The summed E-state index contributed by atoms with van der Waals surface area (Å²) in [5, 5.41) is 17.4. The number of rotatable bonds is 8. The van der Waals surface area contributed by atoms with Crippen LogP contribution in [-0.2, 0) is 6.54 Å².